The number of piperidine rings is 1. The first-order chi connectivity index (χ1) is 12.7. The fourth-order valence-corrected chi connectivity index (χ4v) is 4.07. The van der Waals surface area contributed by atoms with E-state index in [4.69, 9.17) is 4.74 Å². The maximum absolute atomic E-state index is 12.8. The smallest absolute Gasteiger partial charge is 0.253 e. The van der Waals surface area contributed by atoms with Crippen molar-refractivity contribution < 1.29 is 9.53 Å². The van der Waals surface area contributed by atoms with Crippen LogP contribution in [0.2, 0.25) is 0 Å². The van der Waals surface area contributed by atoms with Gasteiger partial charge in [-0.15, -0.1) is 11.8 Å². The Morgan fingerprint density at radius 1 is 1.08 bits per heavy atom. The highest BCUT2D eigenvalue weighted by Gasteiger charge is 2.19. The van der Waals surface area contributed by atoms with Crippen LogP contribution in [0.4, 0.5) is 0 Å². The summed E-state index contributed by atoms with van der Waals surface area (Å²) >= 11 is 1.77. The van der Waals surface area contributed by atoms with Crippen molar-refractivity contribution >= 4 is 17.7 Å². The molecule has 2 aromatic rings. The second-order valence-corrected chi connectivity index (χ2v) is 7.76. The molecule has 4 heteroatoms. The van der Waals surface area contributed by atoms with E-state index in [1.807, 2.05) is 30.0 Å². The average Bonchev–Trinajstić information content (AvgIpc) is 2.69. The van der Waals surface area contributed by atoms with Crippen LogP contribution in [0.3, 0.4) is 0 Å². The molecule has 0 N–H and O–H groups in total. The van der Waals surface area contributed by atoms with Gasteiger partial charge in [0.25, 0.3) is 5.91 Å². The molecule has 3 nitrogen and oxygen atoms in total. The largest absolute Gasteiger partial charge is 0.494 e. The van der Waals surface area contributed by atoms with Crippen LogP contribution in [0, 0.1) is 6.92 Å². The molecule has 1 aliphatic rings. The molecule has 1 fully saturated rings. The molecule has 0 saturated carbocycles. The van der Waals surface area contributed by atoms with E-state index in [0.29, 0.717) is 6.61 Å². The number of rotatable bonds is 6. The number of carbonyl (C=O) groups is 1. The molecular weight excluding hydrogens is 342 g/mol. The molecule has 3 rings (SSSR count). The lowest BCUT2D eigenvalue weighted by Gasteiger charge is -2.27. The minimum Gasteiger partial charge on any atom is -0.494 e. The summed E-state index contributed by atoms with van der Waals surface area (Å²) < 4.78 is 5.79. The van der Waals surface area contributed by atoms with Gasteiger partial charge in [-0.1, -0.05) is 17.7 Å². The zero-order valence-electron chi connectivity index (χ0n) is 15.7. The first-order valence-corrected chi connectivity index (χ1v) is 10.4. The van der Waals surface area contributed by atoms with Gasteiger partial charge in [0.05, 0.1) is 6.61 Å². The Balaban J connectivity index is 1.76. The molecule has 1 amide bonds. The Morgan fingerprint density at radius 2 is 1.81 bits per heavy atom. The number of ether oxygens (including phenoxy) is 1. The lowest BCUT2D eigenvalue weighted by Crippen LogP contribution is -2.35. The highest BCUT2D eigenvalue weighted by Crippen LogP contribution is 2.30. The second kappa shape index (κ2) is 9.13. The molecule has 2 aromatic carbocycles. The molecule has 0 aromatic heterocycles. The van der Waals surface area contributed by atoms with Crippen molar-refractivity contribution in [3.8, 4) is 5.75 Å². The molecule has 1 aliphatic heterocycles. The summed E-state index contributed by atoms with van der Waals surface area (Å²) in [4.78, 5) is 16.0. The number of likely N-dealkylation sites (tertiary alicyclic amines) is 1. The van der Waals surface area contributed by atoms with Crippen LogP contribution in [0.25, 0.3) is 0 Å². The Labute approximate surface area is 160 Å². The topological polar surface area (TPSA) is 29.5 Å². The monoisotopic (exact) mass is 369 g/mol. The van der Waals surface area contributed by atoms with Crippen LogP contribution in [0.15, 0.2) is 47.4 Å². The maximum atomic E-state index is 12.8. The van der Waals surface area contributed by atoms with Gasteiger partial charge < -0.3 is 9.64 Å². The summed E-state index contributed by atoms with van der Waals surface area (Å²) in [6, 6.07) is 14.4. The minimum absolute atomic E-state index is 0.148. The van der Waals surface area contributed by atoms with Crippen LogP contribution in [-0.4, -0.2) is 30.5 Å². The third-order valence-corrected chi connectivity index (χ3v) is 5.73. The normalized spacial score (nSPS) is 14.3. The molecule has 0 unspecified atom stereocenters. The molecule has 1 heterocycles. The van der Waals surface area contributed by atoms with E-state index in [2.05, 4.69) is 31.2 Å². The summed E-state index contributed by atoms with van der Waals surface area (Å²) in [5.41, 5.74) is 3.12. The Kier molecular flexibility index (Phi) is 6.62. The van der Waals surface area contributed by atoms with E-state index in [1.165, 1.54) is 16.9 Å². The van der Waals surface area contributed by atoms with Gasteiger partial charge in [0.1, 0.15) is 5.75 Å². The number of hydrogen-bond donors (Lipinski definition) is 0. The Morgan fingerprint density at radius 3 is 2.50 bits per heavy atom. The maximum Gasteiger partial charge on any atom is 0.253 e. The fraction of sp³-hybridized carbons (Fsp3) is 0.409. The summed E-state index contributed by atoms with van der Waals surface area (Å²) in [6.45, 7) is 6.46. The quantitative estimate of drug-likeness (QED) is 0.646. The van der Waals surface area contributed by atoms with Gasteiger partial charge >= 0.3 is 0 Å². The third-order valence-electron chi connectivity index (χ3n) is 4.67. The van der Waals surface area contributed by atoms with Crippen molar-refractivity contribution in [3.05, 3.63) is 59.2 Å². The lowest BCUT2D eigenvalue weighted by atomic mass is 10.1. The standard InChI is InChI=1S/C22H27NO2S/c1-3-25-21-12-9-18(22(24)23-13-5-4-6-14-23)15-19(21)16-26-20-10-7-17(2)8-11-20/h7-12,15H,3-6,13-14,16H2,1-2H3. The van der Waals surface area contributed by atoms with E-state index in [-0.39, 0.29) is 5.91 Å². The molecule has 1 saturated heterocycles. The SMILES string of the molecule is CCOc1ccc(C(=O)N2CCCCC2)cc1CSc1ccc(C)cc1. The zero-order chi connectivity index (χ0) is 18.4. The fourth-order valence-electron chi connectivity index (χ4n) is 3.20. The van der Waals surface area contributed by atoms with Crippen LogP contribution < -0.4 is 4.74 Å². The number of nitrogens with zero attached hydrogens (tertiary/aromatic N) is 1. The summed E-state index contributed by atoms with van der Waals surface area (Å²) in [5, 5.41) is 0. The lowest BCUT2D eigenvalue weighted by molar-refractivity contribution is 0.0724. The van der Waals surface area contributed by atoms with E-state index in [9.17, 15) is 4.79 Å². The van der Waals surface area contributed by atoms with E-state index < -0.39 is 0 Å². The van der Waals surface area contributed by atoms with Crippen molar-refractivity contribution in [1.29, 1.82) is 0 Å². The van der Waals surface area contributed by atoms with Gasteiger partial charge in [-0.3, -0.25) is 4.79 Å². The molecule has 26 heavy (non-hydrogen) atoms. The van der Waals surface area contributed by atoms with E-state index in [1.54, 1.807) is 11.8 Å². The first-order valence-electron chi connectivity index (χ1n) is 9.42. The number of benzene rings is 2. The highest BCUT2D eigenvalue weighted by molar-refractivity contribution is 7.98. The predicted octanol–water partition coefficient (Wildman–Crippen LogP) is 5.31. The zero-order valence-corrected chi connectivity index (χ0v) is 16.5. The summed E-state index contributed by atoms with van der Waals surface area (Å²) in [6.07, 6.45) is 3.45. The van der Waals surface area contributed by atoms with Gasteiger partial charge in [0.2, 0.25) is 0 Å². The summed E-state index contributed by atoms with van der Waals surface area (Å²) in [5.74, 6) is 1.82. The van der Waals surface area contributed by atoms with Crippen molar-refractivity contribution in [1.82, 2.24) is 4.90 Å². The van der Waals surface area contributed by atoms with Crippen molar-refractivity contribution in [2.75, 3.05) is 19.7 Å². The molecule has 0 aliphatic carbocycles. The Hall–Kier alpha value is -1.94. The number of hydrogen-bond acceptors (Lipinski definition) is 3. The average molecular weight is 370 g/mol. The molecule has 0 atom stereocenters. The van der Waals surface area contributed by atoms with Crippen molar-refractivity contribution in [2.45, 2.75) is 43.8 Å². The number of carbonyl (C=O) groups excluding carboxylic acids is 1. The van der Waals surface area contributed by atoms with E-state index >= 15 is 0 Å². The number of thioether (sulfide) groups is 1. The predicted molar refractivity (Wildman–Crippen MR) is 108 cm³/mol. The van der Waals surface area contributed by atoms with Gasteiger partial charge in [0.15, 0.2) is 0 Å². The number of amides is 1. The van der Waals surface area contributed by atoms with Crippen LogP contribution in [0.1, 0.15) is 47.7 Å². The van der Waals surface area contributed by atoms with Gasteiger partial charge in [-0.2, -0.15) is 0 Å². The van der Waals surface area contributed by atoms with Crippen LogP contribution >= 0.6 is 11.8 Å². The van der Waals surface area contributed by atoms with Gasteiger partial charge in [-0.05, 0) is 63.4 Å². The second-order valence-electron chi connectivity index (χ2n) is 6.71. The first kappa shape index (κ1) is 18.8. The highest BCUT2D eigenvalue weighted by atomic mass is 32.2. The molecular formula is C22H27NO2S. The van der Waals surface area contributed by atoms with E-state index in [0.717, 1.165) is 48.6 Å². The molecule has 0 spiro atoms. The van der Waals surface area contributed by atoms with Crippen LogP contribution in [0.5, 0.6) is 5.75 Å². The Bertz CT molecular complexity index is 736. The van der Waals surface area contributed by atoms with Crippen molar-refractivity contribution in [2.24, 2.45) is 0 Å². The van der Waals surface area contributed by atoms with Gasteiger partial charge in [0, 0.05) is 34.9 Å². The summed E-state index contributed by atoms with van der Waals surface area (Å²) in [7, 11) is 0. The van der Waals surface area contributed by atoms with Crippen LogP contribution in [-0.2, 0) is 5.75 Å². The minimum atomic E-state index is 0.148. The van der Waals surface area contributed by atoms with Crippen molar-refractivity contribution in [3.63, 3.8) is 0 Å². The molecule has 0 bridgehead atoms. The number of aryl methyl sites for hydroxylation is 1. The van der Waals surface area contributed by atoms with Gasteiger partial charge in [-0.25, -0.2) is 0 Å². The molecule has 0 radical (unpaired) electrons. The third kappa shape index (κ3) is 4.82. The molecule has 138 valence electrons.